The fourth-order valence-electron chi connectivity index (χ4n) is 2.68. The molecule has 1 aromatic heterocycles. The Morgan fingerprint density at radius 3 is 2.95 bits per heavy atom. The maximum Gasteiger partial charge on any atom is 0.276 e. The van der Waals surface area contributed by atoms with E-state index in [0.717, 1.165) is 41.2 Å². The summed E-state index contributed by atoms with van der Waals surface area (Å²) in [6, 6.07) is 6.88. The lowest BCUT2D eigenvalue weighted by Crippen LogP contribution is -2.29. The van der Waals surface area contributed by atoms with Crippen LogP contribution in [0.1, 0.15) is 5.69 Å². The third-order valence-electron chi connectivity index (χ3n) is 3.95. The minimum Gasteiger partial charge on any atom is -0.384 e. The molecular weight excluding hydrogens is 294 g/mol. The Balaban J connectivity index is 1.86. The highest BCUT2D eigenvalue weighted by Crippen LogP contribution is 2.27. The van der Waals surface area contributed by atoms with E-state index >= 15 is 0 Å². The molecule has 2 heterocycles. The molecule has 2 aromatic rings. The Hall–Kier alpha value is -1.66. The van der Waals surface area contributed by atoms with E-state index in [2.05, 4.69) is 30.1 Å². The molecule has 0 fully saturated rings. The first-order valence-electron chi connectivity index (χ1n) is 7.80. The summed E-state index contributed by atoms with van der Waals surface area (Å²) in [4.78, 5) is 12.6. The maximum absolute atomic E-state index is 12.6. The standard InChI is InChI=1S/C16H23N3O2Si/c1-22(2,3)10-9-21-11-19-16(20)12-5-4-6-13-15(12)14(18-19)7-8-17-13/h4-6,17H,7-11H2,1-3H3. The lowest BCUT2D eigenvalue weighted by molar-refractivity contribution is 0.0750. The van der Waals surface area contributed by atoms with Crippen molar-refractivity contribution in [1.82, 2.24) is 9.78 Å². The predicted octanol–water partition coefficient (Wildman–Crippen LogP) is 2.68. The fraction of sp³-hybridized carbons (Fsp3) is 0.500. The van der Waals surface area contributed by atoms with Crippen LogP contribution in [0.4, 0.5) is 5.69 Å². The van der Waals surface area contributed by atoms with Crippen LogP contribution >= 0.6 is 0 Å². The Morgan fingerprint density at radius 2 is 2.18 bits per heavy atom. The normalized spacial score (nSPS) is 14.1. The molecule has 1 aliphatic rings. The molecule has 0 bridgehead atoms. The van der Waals surface area contributed by atoms with Crippen molar-refractivity contribution in [3.05, 3.63) is 34.2 Å². The first kappa shape index (κ1) is 15.2. The summed E-state index contributed by atoms with van der Waals surface area (Å²) >= 11 is 0. The Kier molecular flexibility index (Phi) is 4.05. The molecule has 1 aromatic carbocycles. The van der Waals surface area contributed by atoms with Crippen molar-refractivity contribution in [2.75, 3.05) is 18.5 Å². The largest absolute Gasteiger partial charge is 0.384 e. The molecule has 0 spiro atoms. The van der Waals surface area contributed by atoms with E-state index in [-0.39, 0.29) is 12.3 Å². The van der Waals surface area contributed by atoms with Crippen molar-refractivity contribution in [3.8, 4) is 0 Å². The van der Waals surface area contributed by atoms with E-state index in [1.807, 2.05) is 18.2 Å². The van der Waals surface area contributed by atoms with Gasteiger partial charge in [0, 0.05) is 38.7 Å². The zero-order valence-electron chi connectivity index (χ0n) is 13.5. The molecule has 0 amide bonds. The van der Waals surface area contributed by atoms with Crippen LogP contribution in [-0.4, -0.2) is 31.0 Å². The minimum absolute atomic E-state index is 0.0719. The van der Waals surface area contributed by atoms with Crippen LogP contribution in [0.15, 0.2) is 23.0 Å². The molecule has 0 unspecified atom stereocenters. The molecule has 118 valence electrons. The van der Waals surface area contributed by atoms with Gasteiger partial charge in [0.05, 0.1) is 11.1 Å². The third-order valence-corrected chi connectivity index (χ3v) is 5.65. The Bertz CT molecular complexity index is 749. The Morgan fingerprint density at radius 1 is 1.36 bits per heavy atom. The van der Waals surface area contributed by atoms with Crippen molar-refractivity contribution in [2.24, 2.45) is 0 Å². The molecular formula is C16H23N3O2Si. The smallest absolute Gasteiger partial charge is 0.276 e. The van der Waals surface area contributed by atoms with Gasteiger partial charge in [-0.3, -0.25) is 4.79 Å². The molecule has 0 aliphatic carbocycles. The molecule has 6 heteroatoms. The average Bonchev–Trinajstić information content (AvgIpc) is 2.47. The lowest BCUT2D eigenvalue weighted by Gasteiger charge is -2.19. The lowest BCUT2D eigenvalue weighted by atomic mass is 10.0. The van der Waals surface area contributed by atoms with Gasteiger partial charge in [-0.2, -0.15) is 5.10 Å². The van der Waals surface area contributed by atoms with Crippen LogP contribution in [0, 0.1) is 0 Å². The number of nitrogens with zero attached hydrogens (tertiary/aromatic N) is 2. The van der Waals surface area contributed by atoms with Gasteiger partial charge < -0.3 is 10.1 Å². The summed E-state index contributed by atoms with van der Waals surface area (Å²) in [6.45, 7) is 8.73. The fourth-order valence-corrected chi connectivity index (χ4v) is 3.43. The second-order valence-electron chi connectivity index (χ2n) is 7.00. The summed E-state index contributed by atoms with van der Waals surface area (Å²) in [5.74, 6) is 0. The van der Waals surface area contributed by atoms with Gasteiger partial charge in [-0.05, 0) is 18.2 Å². The van der Waals surface area contributed by atoms with Crippen molar-refractivity contribution in [1.29, 1.82) is 0 Å². The van der Waals surface area contributed by atoms with E-state index in [1.54, 1.807) is 0 Å². The van der Waals surface area contributed by atoms with Crippen LogP contribution in [0.2, 0.25) is 25.7 Å². The highest BCUT2D eigenvalue weighted by molar-refractivity contribution is 6.76. The maximum atomic E-state index is 12.6. The molecule has 5 nitrogen and oxygen atoms in total. The van der Waals surface area contributed by atoms with E-state index in [0.29, 0.717) is 6.61 Å². The number of aromatic nitrogens is 2. The SMILES string of the molecule is C[Si](C)(C)CCOCn1nc2c3c(cccc3c1=O)NCC2. The van der Waals surface area contributed by atoms with Crippen LogP contribution in [0.3, 0.4) is 0 Å². The topological polar surface area (TPSA) is 56.2 Å². The zero-order valence-corrected chi connectivity index (χ0v) is 14.5. The number of hydrogen-bond acceptors (Lipinski definition) is 4. The van der Waals surface area contributed by atoms with Gasteiger partial charge in [-0.25, -0.2) is 4.68 Å². The summed E-state index contributed by atoms with van der Waals surface area (Å²) in [6.07, 6.45) is 0.836. The molecule has 0 saturated heterocycles. The van der Waals surface area contributed by atoms with Crippen LogP contribution in [0.5, 0.6) is 0 Å². The second kappa shape index (κ2) is 5.85. The van der Waals surface area contributed by atoms with Gasteiger partial charge in [0.1, 0.15) is 6.73 Å². The van der Waals surface area contributed by atoms with Crippen molar-refractivity contribution >= 4 is 24.5 Å². The van der Waals surface area contributed by atoms with Gasteiger partial charge in [0.15, 0.2) is 0 Å². The van der Waals surface area contributed by atoms with Crippen molar-refractivity contribution < 1.29 is 4.74 Å². The van der Waals surface area contributed by atoms with Crippen molar-refractivity contribution in [3.63, 3.8) is 0 Å². The monoisotopic (exact) mass is 317 g/mol. The number of benzene rings is 1. The van der Waals surface area contributed by atoms with Gasteiger partial charge in [0.25, 0.3) is 5.56 Å². The van der Waals surface area contributed by atoms with Crippen LogP contribution in [-0.2, 0) is 17.9 Å². The molecule has 1 N–H and O–H groups in total. The van der Waals surface area contributed by atoms with Gasteiger partial charge in [0.2, 0.25) is 0 Å². The number of ether oxygens (including phenoxy) is 1. The van der Waals surface area contributed by atoms with E-state index in [9.17, 15) is 4.79 Å². The number of anilines is 1. The molecule has 22 heavy (non-hydrogen) atoms. The summed E-state index contributed by atoms with van der Waals surface area (Å²) in [5, 5.41) is 9.54. The highest BCUT2D eigenvalue weighted by Gasteiger charge is 2.17. The van der Waals surface area contributed by atoms with Crippen LogP contribution in [0.25, 0.3) is 10.8 Å². The number of hydrogen-bond donors (Lipinski definition) is 1. The van der Waals surface area contributed by atoms with Crippen LogP contribution < -0.4 is 10.9 Å². The molecule has 0 atom stereocenters. The summed E-state index contributed by atoms with van der Waals surface area (Å²) < 4.78 is 7.16. The molecule has 1 aliphatic heterocycles. The van der Waals surface area contributed by atoms with Gasteiger partial charge >= 0.3 is 0 Å². The number of nitrogens with one attached hydrogen (secondary N) is 1. The quantitative estimate of drug-likeness (QED) is 0.680. The molecule has 0 saturated carbocycles. The number of rotatable bonds is 5. The zero-order chi connectivity index (χ0) is 15.7. The minimum atomic E-state index is -1.11. The average molecular weight is 317 g/mol. The molecule has 3 rings (SSSR count). The van der Waals surface area contributed by atoms with E-state index < -0.39 is 8.07 Å². The summed E-state index contributed by atoms with van der Waals surface area (Å²) in [5.41, 5.74) is 1.92. The molecule has 0 radical (unpaired) electrons. The van der Waals surface area contributed by atoms with E-state index in [4.69, 9.17) is 4.74 Å². The van der Waals surface area contributed by atoms with Gasteiger partial charge in [-0.15, -0.1) is 0 Å². The van der Waals surface area contributed by atoms with E-state index in [1.165, 1.54) is 4.68 Å². The third kappa shape index (κ3) is 3.07. The van der Waals surface area contributed by atoms with Crippen molar-refractivity contribution in [2.45, 2.75) is 38.8 Å². The predicted molar refractivity (Wildman–Crippen MR) is 92.3 cm³/mol. The van der Waals surface area contributed by atoms with Gasteiger partial charge in [-0.1, -0.05) is 25.7 Å². The second-order valence-corrected chi connectivity index (χ2v) is 12.6. The first-order chi connectivity index (χ1) is 10.5. The Labute approximate surface area is 131 Å². The summed E-state index contributed by atoms with van der Waals surface area (Å²) in [7, 11) is -1.11. The highest BCUT2D eigenvalue weighted by atomic mass is 28.3. The first-order valence-corrected chi connectivity index (χ1v) is 11.5.